The van der Waals surface area contributed by atoms with Crippen LogP contribution in [0.1, 0.15) is 57.8 Å². The Labute approximate surface area is 224 Å². The van der Waals surface area contributed by atoms with E-state index in [1.807, 2.05) is 7.05 Å². The van der Waals surface area contributed by atoms with Crippen LogP contribution in [0.25, 0.3) is 0 Å². The van der Waals surface area contributed by atoms with Crippen LogP contribution < -0.4 is 26.2 Å². The zero-order valence-electron chi connectivity index (χ0n) is 21.6. The van der Waals surface area contributed by atoms with Crippen LogP contribution in [0.15, 0.2) is 0 Å². The van der Waals surface area contributed by atoms with Gasteiger partial charge < -0.3 is 10.6 Å². The molecule has 4 aliphatic rings. The molecule has 0 spiro atoms. The lowest BCUT2D eigenvalue weighted by molar-refractivity contribution is -0.129. The first-order valence-corrected chi connectivity index (χ1v) is 15.7. The van der Waals surface area contributed by atoms with Crippen molar-refractivity contribution in [2.24, 2.45) is 17.8 Å². The quantitative estimate of drug-likeness (QED) is 0.215. The van der Waals surface area contributed by atoms with Crippen molar-refractivity contribution < 1.29 is 22.4 Å². The summed E-state index contributed by atoms with van der Waals surface area (Å²) < 4.78 is 40.4. The van der Waals surface area contributed by atoms with E-state index < -0.39 is 33.4 Å². The summed E-state index contributed by atoms with van der Waals surface area (Å²) in [6.45, 7) is 2.37. The first kappa shape index (κ1) is 28.9. The molecule has 37 heavy (non-hydrogen) atoms. The molecule has 2 aliphatic carbocycles. The lowest BCUT2D eigenvalue weighted by atomic mass is 9.76. The summed E-state index contributed by atoms with van der Waals surface area (Å²) in [5.74, 6) is -1.99. The molecule has 4 rings (SSSR count). The molecule has 0 aromatic carbocycles. The number of sulfonamides is 1. The molecule has 8 unspecified atom stereocenters. The fourth-order valence-electron chi connectivity index (χ4n) is 6.38. The van der Waals surface area contributed by atoms with Gasteiger partial charge in [0.1, 0.15) is 6.17 Å². The van der Waals surface area contributed by atoms with E-state index >= 15 is 0 Å². The predicted octanol–water partition coefficient (Wildman–Crippen LogP) is 0.587. The van der Waals surface area contributed by atoms with Gasteiger partial charge in [0.25, 0.3) is 0 Å². The SMILES string of the molecule is CN1CNC(C2CC(Cl)C(F)C(C(=O)NNS(=O)(=O)CC3CCCC(NC(=O)C4CCCCN4)C3)C2)C1. The number of carbonyl (C=O) groups excluding carboxylic acids is 2. The van der Waals surface area contributed by atoms with Crippen LogP contribution in [-0.2, 0) is 19.6 Å². The number of hydrazine groups is 1. The van der Waals surface area contributed by atoms with Gasteiger partial charge in [0.15, 0.2) is 0 Å². The van der Waals surface area contributed by atoms with Gasteiger partial charge in [-0.1, -0.05) is 12.8 Å². The van der Waals surface area contributed by atoms with Gasteiger partial charge in [-0.25, -0.2) is 12.8 Å². The number of carbonyl (C=O) groups is 2. The zero-order valence-corrected chi connectivity index (χ0v) is 23.1. The van der Waals surface area contributed by atoms with Gasteiger partial charge >= 0.3 is 0 Å². The second kappa shape index (κ2) is 12.9. The molecule has 0 radical (unpaired) electrons. The molecule has 212 valence electrons. The molecule has 2 heterocycles. The smallest absolute Gasteiger partial charge is 0.241 e. The summed E-state index contributed by atoms with van der Waals surface area (Å²) in [6, 6.07) is -0.110. The average Bonchev–Trinajstić information content (AvgIpc) is 3.31. The van der Waals surface area contributed by atoms with E-state index in [1.54, 1.807) is 0 Å². The number of alkyl halides is 2. The van der Waals surface area contributed by atoms with E-state index in [0.29, 0.717) is 19.3 Å². The molecule has 8 atom stereocenters. The molecule has 0 bridgehead atoms. The van der Waals surface area contributed by atoms with Gasteiger partial charge in [0, 0.05) is 25.3 Å². The highest BCUT2D eigenvalue weighted by molar-refractivity contribution is 7.89. The van der Waals surface area contributed by atoms with Crippen molar-refractivity contribution in [3.63, 3.8) is 0 Å². The number of halogens is 2. The maximum absolute atomic E-state index is 14.9. The van der Waals surface area contributed by atoms with Crippen LogP contribution in [0.3, 0.4) is 0 Å². The van der Waals surface area contributed by atoms with Crippen molar-refractivity contribution in [3.05, 3.63) is 0 Å². The number of nitrogens with one attached hydrogen (secondary N) is 5. The van der Waals surface area contributed by atoms with Gasteiger partial charge in [-0.15, -0.1) is 16.4 Å². The van der Waals surface area contributed by atoms with E-state index in [0.717, 1.165) is 58.3 Å². The number of nitrogens with zero attached hydrogens (tertiary/aromatic N) is 1. The number of rotatable bonds is 8. The minimum Gasteiger partial charge on any atom is -0.352 e. The second-order valence-corrected chi connectivity index (χ2v) is 13.7. The zero-order chi connectivity index (χ0) is 26.6. The van der Waals surface area contributed by atoms with Crippen molar-refractivity contribution in [1.82, 2.24) is 31.1 Å². The van der Waals surface area contributed by atoms with E-state index in [-0.39, 0.29) is 41.6 Å². The van der Waals surface area contributed by atoms with Crippen molar-refractivity contribution in [1.29, 1.82) is 0 Å². The van der Waals surface area contributed by atoms with Crippen LogP contribution in [0.2, 0.25) is 0 Å². The highest BCUT2D eigenvalue weighted by Crippen LogP contribution is 2.37. The highest BCUT2D eigenvalue weighted by Gasteiger charge is 2.44. The van der Waals surface area contributed by atoms with Crippen LogP contribution in [0, 0.1) is 17.8 Å². The topological polar surface area (TPSA) is 132 Å². The molecular formula is C24H42ClFN6O4S. The van der Waals surface area contributed by atoms with E-state index in [1.165, 1.54) is 0 Å². The molecule has 2 aliphatic heterocycles. The Morgan fingerprint density at radius 2 is 1.86 bits per heavy atom. The van der Waals surface area contributed by atoms with Gasteiger partial charge in [0.2, 0.25) is 21.8 Å². The number of likely N-dealkylation sites (N-methyl/N-ethyl adjacent to an activating group) is 1. The first-order valence-electron chi connectivity index (χ1n) is 13.6. The molecule has 2 amide bonds. The molecular weight excluding hydrogens is 523 g/mol. The highest BCUT2D eigenvalue weighted by atomic mass is 35.5. The third kappa shape index (κ3) is 7.98. The van der Waals surface area contributed by atoms with E-state index in [2.05, 4.69) is 31.1 Å². The van der Waals surface area contributed by atoms with Gasteiger partial charge in [-0.05, 0) is 70.4 Å². The standard InChI is InChI=1S/C24H42ClFN6O4S/c1-32-12-21(28-14-32)16-10-18(22(26)19(25)11-16)23(33)30-31-37(35,36)13-15-5-4-6-17(9-15)29-24(34)20-7-2-3-8-27-20/h15-22,27-28,31H,2-14H2,1H3,(H,29,34)(H,30,33). The Kier molecular flexibility index (Phi) is 10.1. The van der Waals surface area contributed by atoms with Crippen molar-refractivity contribution >= 4 is 33.4 Å². The fourth-order valence-corrected chi connectivity index (χ4v) is 8.05. The maximum Gasteiger partial charge on any atom is 0.241 e. The largest absolute Gasteiger partial charge is 0.352 e. The van der Waals surface area contributed by atoms with Crippen LogP contribution in [0.4, 0.5) is 4.39 Å². The third-order valence-electron chi connectivity index (χ3n) is 8.39. The van der Waals surface area contributed by atoms with Crippen molar-refractivity contribution in [3.8, 4) is 0 Å². The summed E-state index contributed by atoms with van der Waals surface area (Å²) in [5.41, 5.74) is 2.26. The molecule has 13 heteroatoms. The normalized spacial score (nSPS) is 37.7. The average molecular weight is 565 g/mol. The summed E-state index contributed by atoms with van der Waals surface area (Å²) in [5, 5.41) is 8.91. The molecule has 2 saturated carbocycles. The first-order chi connectivity index (χ1) is 17.6. The number of hydrogen-bond donors (Lipinski definition) is 5. The molecule has 5 N–H and O–H groups in total. The Morgan fingerprint density at radius 1 is 1.05 bits per heavy atom. The lowest BCUT2D eigenvalue weighted by Crippen LogP contribution is -2.53. The minimum atomic E-state index is -3.84. The number of hydrogen-bond acceptors (Lipinski definition) is 7. The number of amides is 2. The summed E-state index contributed by atoms with van der Waals surface area (Å²) in [7, 11) is -1.85. The van der Waals surface area contributed by atoms with Crippen molar-refractivity contribution in [2.75, 3.05) is 32.6 Å². The Bertz CT molecular complexity index is 908. The van der Waals surface area contributed by atoms with Crippen LogP contribution in [-0.4, -0.2) is 87.4 Å². The predicted molar refractivity (Wildman–Crippen MR) is 140 cm³/mol. The second-order valence-electron chi connectivity index (χ2n) is 11.4. The fraction of sp³-hybridized carbons (Fsp3) is 0.917. The third-order valence-corrected chi connectivity index (χ3v) is 10.1. The van der Waals surface area contributed by atoms with E-state index in [9.17, 15) is 22.4 Å². The maximum atomic E-state index is 14.9. The van der Waals surface area contributed by atoms with Crippen LogP contribution >= 0.6 is 11.6 Å². The molecule has 2 saturated heterocycles. The Morgan fingerprint density at radius 3 is 2.57 bits per heavy atom. The van der Waals surface area contributed by atoms with Crippen LogP contribution in [0.5, 0.6) is 0 Å². The van der Waals surface area contributed by atoms with E-state index in [4.69, 9.17) is 11.6 Å². The molecule has 10 nitrogen and oxygen atoms in total. The Balaban J connectivity index is 1.25. The minimum absolute atomic E-state index is 0.0118. The molecule has 0 aromatic rings. The summed E-state index contributed by atoms with van der Waals surface area (Å²) in [4.78, 5) is 29.7. The Hall–Kier alpha value is -1.05. The monoisotopic (exact) mass is 564 g/mol. The summed E-state index contributed by atoms with van der Waals surface area (Å²) in [6.07, 6.45) is 5.11. The summed E-state index contributed by atoms with van der Waals surface area (Å²) >= 11 is 6.26. The van der Waals surface area contributed by atoms with Crippen molar-refractivity contribution in [2.45, 2.75) is 87.5 Å². The lowest BCUT2D eigenvalue weighted by Gasteiger charge is -2.37. The van der Waals surface area contributed by atoms with Gasteiger partial charge in [0.05, 0.1) is 23.1 Å². The molecule has 0 aromatic heterocycles. The van der Waals surface area contributed by atoms with Gasteiger partial charge in [-0.2, -0.15) is 0 Å². The number of piperidine rings is 1. The van der Waals surface area contributed by atoms with Gasteiger partial charge in [-0.3, -0.25) is 25.2 Å². The molecule has 4 fully saturated rings.